The molecule has 126 valence electrons. The van der Waals surface area contributed by atoms with Gasteiger partial charge in [0.1, 0.15) is 0 Å². The zero-order valence-corrected chi connectivity index (χ0v) is 14.6. The number of benzene rings is 2. The number of rotatable bonds is 3. The lowest BCUT2D eigenvalue weighted by Crippen LogP contribution is -2.16. The molecule has 4 rings (SSSR count). The fourth-order valence-corrected chi connectivity index (χ4v) is 4.41. The van der Waals surface area contributed by atoms with E-state index in [2.05, 4.69) is 16.7 Å². The number of hydrogen-bond donors (Lipinski definition) is 0. The van der Waals surface area contributed by atoms with Crippen LogP contribution in [-0.2, 0) is 11.3 Å². The average Bonchev–Trinajstić information content (AvgIpc) is 2.97. The summed E-state index contributed by atoms with van der Waals surface area (Å²) in [7, 11) is 1.37. The zero-order chi connectivity index (χ0) is 17.4. The Hall–Kier alpha value is -2.53. The van der Waals surface area contributed by atoms with Gasteiger partial charge < -0.3 is 9.30 Å². The molecule has 4 nitrogen and oxygen atoms in total. The average molecular weight is 351 g/mol. The molecular weight excluding hydrogens is 334 g/mol. The molecule has 0 saturated heterocycles. The molecule has 0 fully saturated rings. The predicted molar refractivity (Wildman–Crippen MR) is 97.4 cm³/mol. The second kappa shape index (κ2) is 6.41. The normalized spacial score (nSPS) is 13.7. The van der Waals surface area contributed by atoms with Crippen LogP contribution in [0.4, 0.5) is 0 Å². The van der Waals surface area contributed by atoms with Crippen molar-refractivity contribution in [2.24, 2.45) is 0 Å². The molecule has 0 aliphatic carbocycles. The maximum absolute atomic E-state index is 12.6. The number of para-hydroxylation sites is 1. The number of carbonyl (C=O) groups is 2. The standard InChI is InChI=1S/C20H17NO3S/c1-24-20(23)13-8-10-14(11-9-13)25-19-15-5-2-3-6-16(15)21-12-4-7-17(22)18(19)21/h2-3,5-6,8-11H,4,7,12H2,1H3. The summed E-state index contributed by atoms with van der Waals surface area (Å²) in [6.45, 7) is 0.878. The molecule has 0 spiro atoms. The molecule has 0 amide bonds. The number of esters is 1. The Bertz CT molecular complexity index is 973. The van der Waals surface area contributed by atoms with Crippen molar-refractivity contribution in [2.45, 2.75) is 29.2 Å². The first-order chi connectivity index (χ1) is 12.2. The smallest absolute Gasteiger partial charge is 0.337 e. The minimum absolute atomic E-state index is 0.205. The van der Waals surface area contributed by atoms with Crippen LogP contribution in [0, 0.1) is 0 Å². The lowest BCUT2D eigenvalue weighted by Gasteiger charge is -2.16. The van der Waals surface area contributed by atoms with E-state index >= 15 is 0 Å². The van der Waals surface area contributed by atoms with E-state index in [1.807, 2.05) is 24.3 Å². The van der Waals surface area contributed by atoms with Gasteiger partial charge in [-0.05, 0) is 36.8 Å². The number of carbonyl (C=O) groups excluding carboxylic acids is 2. The fourth-order valence-electron chi connectivity index (χ4n) is 3.30. The molecule has 2 aromatic carbocycles. The van der Waals surface area contributed by atoms with Gasteiger partial charge in [-0.3, -0.25) is 4.79 Å². The van der Waals surface area contributed by atoms with Gasteiger partial charge >= 0.3 is 5.97 Å². The SMILES string of the molecule is COC(=O)c1ccc(Sc2c3n(c4ccccc24)CCCC3=O)cc1. The number of aryl methyl sites for hydroxylation is 1. The van der Waals surface area contributed by atoms with Gasteiger partial charge in [-0.25, -0.2) is 4.79 Å². The minimum Gasteiger partial charge on any atom is -0.465 e. The third-order valence-corrected chi connectivity index (χ3v) is 5.59. The summed E-state index contributed by atoms with van der Waals surface area (Å²) >= 11 is 1.58. The molecule has 0 bridgehead atoms. The van der Waals surface area contributed by atoms with E-state index in [0.29, 0.717) is 12.0 Å². The van der Waals surface area contributed by atoms with Crippen LogP contribution in [0.2, 0.25) is 0 Å². The summed E-state index contributed by atoms with van der Waals surface area (Å²) in [6, 6.07) is 15.4. The van der Waals surface area contributed by atoms with Crippen LogP contribution in [0.1, 0.15) is 33.7 Å². The van der Waals surface area contributed by atoms with Crippen molar-refractivity contribution in [2.75, 3.05) is 7.11 Å². The Morgan fingerprint density at radius 3 is 2.64 bits per heavy atom. The topological polar surface area (TPSA) is 48.3 Å². The summed E-state index contributed by atoms with van der Waals surface area (Å²) in [5.41, 5.74) is 2.44. The van der Waals surface area contributed by atoms with E-state index in [1.54, 1.807) is 23.9 Å². The Balaban J connectivity index is 1.78. The summed E-state index contributed by atoms with van der Waals surface area (Å²) in [5, 5.41) is 1.11. The van der Waals surface area contributed by atoms with Crippen molar-refractivity contribution in [3.63, 3.8) is 0 Å². The number of nitrogens with zero attached hydrogens (tertiary/aromatic N) is 1. The number of methoxy groups -OCH3 is 1. The molecule has 1 aliphatic heterocycles. The summed E-state index contributed by atoms with van der Waals surface area (Å²) < 4.78 is 6.88. The second-order valence-electron chi connectivity index (χ2n) is 5.99. The number of ketones is 1. The van der Waals surface area contributed by atoms with Gasteiger partial charge in [0, 0.05) is 33.7 Å². The molecule has 3 aromatic rings. The highest BCUT2D eigenvalue weighted by atomic mass is 32.2. The van der Waals surface area contributed by atoms with Crippen LogP contribution >= 0.6 is 11.8 Å². The molecule has 1 aliphatic rings. The fraction of sp³-hybridized carbons (Fsp3) is 0.200. The minimum atomic E-state index is -0.349. The van der Waals surface area contributed by atoms with Crippen molar-refractivity contribution in [3.8, 4) is 0 Å². The first-order valence-corrected chi connectivity index (χ1v) is 9.01. The highest BCUT2D eigenvalue weighted by Gasteiger charge is 2.26. The third kappa shape index (κ3) is 2.74. The van der Waals surface area contributed by atoms with Crippen molar-refractivity contribution in [3.05, 3.63) is 59.8 Å². The third-order valence-electron chi connectivity index (χ3n) is 4.47. The summed E-state index contributed by atoms with van der Waals surface area (Å²) in [6.07, 6.45) is 1.49. The van der Waals surface area contributed by atoms with Crippen molar-refractivity contribution in [1.29, 1.82) is 0 Å². The van der Waals surface area contributed by atoms with Crippen LogP contribution in [0.15, 0.2) is 58.3 Å². The van der Waals surface area contributed by atoms with E-state index in [4.69, 9.17) is 4.74 Å². The van der Waals surface area contributed by atoms with Crippen molar-refractivity contribution >= 4 is 34.4 Å². The summed E-state index contributed by atoms with van der Waals surface area (Å²) in [5.74, 6) is -0.144. The molecule has 25 heavy (non-hydrogen) atoms. The van der Waals surface area contributed by atoms with E-state index in [9.17, 15) is 9.59 Å². The van der Waals surface area contributed by atoms with E-state index < -0.39 is 0 Å². The predicted octanol–water partition coefficient (Wildman–Crippen LogP) is 4.56. The first kappa shape index (κ1) is 16.0. The van der Waals surface area contributed by atoms with Crippen molar-refractivity contribution in [1.82, 2.24) is 4.57 Å². The van der Waals surface area contributed by atoms with Gasteiger partial charge in [0.15, 0.2) is 5.78 Å². The monoisotopic (exact) mass is 351 g/mol. The van der Waals surface area contributed by atoms with Crippen LogP contribution < -0.4 is 0 Å². The van der Waals surface area contributed by atoms with Gasteiger partial charge in [0.2, 0.25) is 0 Å². The van der Waals surface area contributed by atoms with Gasteiger partial charge in [-0.15, -0.1) is 0 Å². The molecule has 0 unspecified atom stereocenters. The van der Waals surface area contributed by atoms with E-state index in [1.165, 1.54) is 7.11 Å². The van der Waals surface area contributed by atoms with E-state index in [-0.39, 0.29) is 11.8 Å². The lowest BCUT2D eigenvalue weighted by molar-refractivity contribution is 0.0600. The van der Waals surface area contributed by atoms with Gasteiger partial charge in [0.25, 0.3) is 0 Å². The highest BCUT2D eigenvalue weighted by Crippen LogP contribution is 2.40. The Morgan fingerprint density at radius 2 is 1.88 bits per heavy atom. The van der Waals surface area contributed by atoms with Gasteiger partial charge in [0.05, 0.1) is 18.4 Å². The second-order valence-corrected chi connectivity index (χ2v) is 7.08. The van der Waals surface area contributed by atoms with Crippen molar-refractivity contribution < 1.29 is 14.3 Å². The Labute approximate surface area is 149 Å². The molecule has 2 heterocycles. The molecule has 0 N–H and O–H groups in total. The maximum atomic E-state index is 12.6. The van der Waals surface area contributed by atoms with Gasteiger partial charge in [-0.1, -0.05) is 30.0 Å². The quantitative estimate of drug-likeness (QED) is 0.649. The molecule has 5 heteroatoms. The molecular formula is C20H17NO3S. The Morgan fingerprint density at radius 1 is 1.12 bits per heavy atom. The zero-order valence-electron chi connectivity index (χ0n) is 13.8. The number of hydrogen-bond acceptors (Lipinski definition) is 4. The molecule has 0 atom stereocenters. The van der Waals surface area contributed by atoms with Gasteiger partial charge in [-0.2, -0.15) is 0 Å². The highest BCUT2D eigenvalue weighted by molar-refractivity contribution is 7.99. The summed E-state index contributed by atoms with van der Waals surface area (Å²) in [4.78, 5) is 26.1. The number of aromatic nitrogens is 1. The molecule has 0 saturated carbocycles. The Kier molecular flexibility index (Phi) is 4.09. The number of fused-ring (bicyclic) bond motifs is 3. The first-order valence-electron chi connectivity index (χ1n) is 8.19. The number of ether oxygens (including phenoxy) is 1. The number of Topliss-reactive ketones (excluding diaryl/α,β-unsaturated/α-hetero) is 1. The van der Waals surface area contributed by atoms with Crippen LogP contribution in [0.3, 0.4) is 0 Å². The van der Waals surface area contributed by atoms with Crippen LogP contribution in [-0.4, -0.2) is 23.4 Å². The lowest BCUT2D eigenvalue weighted by atomic mass is 10.1. The van der Waals surface area contributed by atoms with Crippen LogP contribution in [0.25, 0.3) is 10.9 Å². The maximum Gasteiger partial charge on any atom is 0.337 e. The largest absolute Gasteiger partial charge is 0.465 e. The van der Waals surface area contributed by atoms with Crippen LogP contribution in [0.5, 0.6) is 0 Å². The van der Waals surface area contributed by atoms with E-state index in [0.717, 1.165) is 39.4 Å². The molecule has 0 radical (unpaired) electrons. The molecule has 1 aromatic heterocycles.